The Bertz CT molecular complexity index is 960. The van der Waals surface area contributed by atoms with Crippen LogP contribution in [0.25, 0.3) is 0 Å². The molecule has 0 spiro atoms. The number of carbonyl (C=O) groups excluding carboxylic acids is 2. The number of aromatic nitrogens is 1. The minimum absolute atomic E-state index is 0.100. The molecule has 1 saturated carbocycles. The van der Waals surface area contributed by atoms with Gasteiger partial charge in [0.2, 0.25) is 0 Å². The Morgan fingerprint density at radius 1 is 1.04 bits per heavy atom. The zero-order chi connectivity index (χ0) is 19.3. The molecule has 1 aliphatic carbocycles. The highest BCUT2D eigenvalue weighted by Gasteiger charge is 2.53. The molecule has 0 N–H and O–H groups in total. The van der Waals surface area contributed by atoms with Crippen LogP contribution in [-0.2, 0) is 14.3 Å². The number of ketones is 1. The summed E-state index contributed by atoms with van der Waals surface area (Å²) in [5.41, 5.74) is 1.13. The average Bonchev–Trinajstić information content (AvgIpc) is 3.03. The Kier molecular flexibility index (Phi) is 4.00. The van der Waals surface area contributed by atoms with Crippen molar-refractivity contribution in [3.8, 4) is 0 Å². The SMILES string of the molecule is O=C1C2=C(OC3CCC(F)CC13)C(=O)N(c1ccccn1)C2c1ccccc1. The highest BCUT2D eigenvalue weighted by Crippen LogP contribution is 2.48. The third-order valence-electron chi connectivity index (χ3n) is 5.80. The number of alkyl halides is 1. The van der Waals surface area contributed by atoms with Gasteiger partial charge in [0, 0.05) is 6.20 Å². The van der Waals surface area contributed by atoms with E-state index in [1.807, 2.05) is 30.3 Å². The lowest BCUT2D eigenvalue weighted by molar-refractivity contribution is -0.133. The third-order valence-corrected chi connectivity index (χ3v) is 5.80. The van der Waals surface area contributed by atoms with Crippen molar-refractivity contribution in [3.05, 3.63) is 71.6 Å². The van der Waals surface area contributed by atoms with Gasteiger partial charge in [0.1, 0.15) is 18.1 Å². The largest absolute Gasteiger partial charge is 0.483 e. The van der Waals surface area contributed by atoms with E-state index >= 15 is 0 Å². The number of benzene rings is 1. The molecule has 1 aromatic carbocycles. The first-order valence-electron chi connectivity index (χ1n) is 9.54. The molecule has 1 amide bonds. The lowest BCUT2D eigenvalue weighted by atomic mass is 9.77. The number of rotatable bonds is 2. The van der Waals surface area contributed by atoms with Gasteiger partial charge in [-0.05, 0) is 37.0 Å². The van der Waals surface area contributed by atoms with Crippen molar-refractivity contribution < 1.29 is 18.7 Å². The summed E-state index contributed by atoms with van der Waals surface area (Å²) in [4.78, 5) is 32.5. The van der Waals surface area contributed by atoms with Crippen LogP contribution < -0.4 is 4.90 Å². The van der Waals surface area contributed by atoms with Gasteiger partial charge < -0.3 is 4.74 Å². The van der Waals surface area contributed by atoms with Crippen LogP contribution in [0.15, 0.2) is 66.1 Å². The number of amides is 1. The molecule has 3 heterocycles. The lowest BCUT2D eigenvalue weighted by Crippen LogP contribution is -2.42. The van der Waals surface area contributed by atoms with E-state index in [1.165, 1.54) is 4.90 Å². The number of nitrogens with zero attached hydrogens (tertiary/aromatic N) is 2. The standard InChI is InChI=1S/C22H19FN2O3/c23-14-9-10-16-15(12-14)20(26)18-19(13-6-2-1-3-7-13)25(22(27)21(18)28-16)17-8-4-5-11-24-17/h1-8,11,14-16,19H,9-10,12H2. The summed E-state index contributed by atoms with van der Waals surface area (Å²) in [6.07, 6.45) is 1.13. The lowest BCUT2D eigenvalue weighted by Gasteiger charge is -2.36. The first kappa shape index (κ1) is 17.1. The molecule has 0 radical (unpaired) electrons. The van der Waals surface area contributed by atoms with E-state index in [0.29, 0.717) is 24.2 Å². The summed E-state index contributed by atoms with van der Waals surface area (Å²) < 4.78 is 20.0. The number of halogens is 1. The molecule has 28 heavy (non-hydrogen) atoms. The molecule has 5 nitrogen and oxygen atoms in total. The average molecular weight is 378 g/mol. The van der Waals surface area contributed by atoms with Crippen molar-refractivity contribution >= 4 is 17.5 Å². The fourth-order valence-corrected chi connectivity index (χ4v) is 4.50. The number of Topliss-reactive ketones (excluding diaryl/α,β-unsaturated/α-hetero) is 1. The molecule has 6 heteroatoms. The Morgan fingerprint density at radius 3 is 2.57 bits per heavy atom. The quantitative estimate of drug-likeness (QED) is 0.802. The van der Waals surface area contributed by atoms with Crippen LogP contribution in [0.5, 0.6) is 0 Å². The Hall–Kier alpha value is -3.02. The molecule has 0 bridgehead atoms. The van der Waals surface area contributed by atoms with Gasteiger partial charge in [0.15, 0.2) is 11.5 Å². The maximum absolute atomic E-state index is 14.0. The second-order valence-electron chi connectivity index (χ2n) is 7.46. The number of hydrogen-bond donors (Lipinski definition) is 0. The molecule has 142 valence electrons. The van der Waals surface area contributed by atoms with Gasteiger partial charge in [0.25, 0.3) is 5.91 Å². The predicted octanol–water partition coefficient (Wildman–Crippen LogP) is 3.53. The fraction of sp³-hybridized carbons (Fsp3) is 0.318. The number of ether oxygens (including phenoxy) is 1. The molecule has 2 aromatic rings. The van der Waals surface area contributed by atoms with Crippen molar-refractivity contribution in [1.82, 2.24) is 4.98 Å². The van der Waals surface area contributed by atoms with Crippen molar-refractivity contribution in [2.24, 2.45) is 5.92 Å². The van der Waals surface area contributed by atoms with Crippen LogP contribution in [0.1, 0.15) is 30.9 Å². The molecule has 4 unspecified atom stereocenters. The number of carbonyl (C=O) groups is 2. The Labute approximate surface area is 161 Å². The van der Waals surface area contributed by atoms with Crippen LogP contribution in [-0.4, -0.2) is 29.0 Å². The van der Waals surface area contributed by atoms with Crippen LogP contribution in [0.2, 0.25) is 0 Å². The van der Waals surface area contributed by atoms with E-state index in [-0.39, 0.29) is 23.9 Å². The van der Waals surface area contributed by atoms with Gasteiger partial charge in [-0.3, -0.25) is 14.5 Å². The number of pyridine rings is 1. The first-order valence-corrected chi connectivity index (χ1v) is 9.54. The molecule has 4 atom stereocenters. The van der Waals surface area contributed by atoms with Gasteiger partial charge in [-0.25, -0.2) is 9.37 Å². The van der Waals surface area contributed by atoms with E-state index in [4.69, 9.17) is 4.74 Å². The molecule has 1 fully saturated rings. The first-order chi connectivity index (χ1) is 13.6. The van der Waals surface area contributed by atoms with E-state index in [9.17, 15) is 14.0 Å². The highest BCUT2D eigenvalue weighted by atomic mass is 19.1. The summed E-state index contributed by atoms with van der Waals surface area (Å²) in [7, 11) is 0. The van der Waals surface area contributed by atoms with E-state index < -0.39 is 24.2 Å². The monoisotopic (exact) mass is 378 g/mol. The zero-order valence-electron chi connectivity index (χ0n) is 15.1. The van der Waals surface area contributed by atoms with Gasteiger partial charge in [-0.2, -0.15) is 0 Å². The summed E-state index contributed by atoms with van der Waals surface area (Å²) >= 11 is 0. The molecule has 3 aliphatic rings. The van der Waals surface area contributed by atoms with Gasteiger partial charge >= 0.3 is 0 Å². The van der Waals surface area contributed by atoms with Crippen LogP contribution in [0.3, 0.4) is 0 Å². The van der Waals surface area contributed by atoms with Gasteiger partial charge in [-0.1, -0.05) is 36.4 Å². The predicted molar refractivity (Wildman–Crippen MR) is 100 cm³/mol. The second-order valence-corrected chi connectivity index (χ2v) is 7.46. The molecular formula is C22H19FN2O3. The van der Waals surface area contributed by atoms with E-state index in [0.717, 1.165) is 5.56 Å². The van der Waals surface area contributed by atoms with Crippen molar-refractivity contribution in [1.29, 1.82) is 0 Å². The topological polar surface area (TPSA) is 59.5 Å². The van der Waals surface area contributed by atoms with Gasteiger partial charge in [0.05, 0.1) is 17.5 Å². The third kappa shape index (κ3) is 2.55. The van der Waals surface area contributed by atoms with Crippen LogP contribution >= 0.6 is 0 Å². The van der Waals surface area contributed by atoms with E-state index in [2.05, 4.69) is 4.98 Å². The summed E-state index contributed by atoms with van der Waals surface area (Å²) in [6, 6.07) is 14.1. The Morgan fingerprint density at radius 2 is 1.82 bits per heavy atom. The maximum Gasteiger partial charge on any atom is 0.295 e. The summed E-state index contributed by atoms with van der Waals surface area (Å²) in [5.74, 6) is -0.516. The van der Waals surface area contributed by atoms with Gasteiger partial charge in [-0.15, -0.1) is 0 Å². The molecule has 0 saturated heterocycles. The highest BCUT2D eigenvalue weighted by molar-refractivity contribution is 6.17. The van der Waals surface area contributed by atoms with Crippen LogP contribution in [0.4, 0.5) is 10.2 Å². The maximum atomic E-state index is 14.0. The van der Waals surface area contributed by atoms with Crippen molar-refractivity contribution in [3.63, 3.8) is 0 Å². The number of fused-ring (bicyclic) bond motifs is 1. The zero-order valence-corrected chi connectivity index (χ0v) is 15.1. The smallest absolute Gasteiger partial charge is 0.295 e. The van der Waals surface area contributed by atoms with Crippen molar-refractivity contribution in [2.75, 3.05) is 4.90 Å². The molecular weight excluding hydrogens is 359 g/mol. The number of anilines is 1. The summed E-state index contributed by atoms with van der Waals surface area (Å²) in [6.45, 7) is 0. The fourth-order valence-electron chi connectivity index (χ4n) is 4.50. The molecule has 1 aromatic heterocycles. The summed E-state index contributed by atoms with van der Waals surface area (Å²) in [5, 5.41) is 0. The second kappa shape index (κ2) is 6.55. The Balaban J connectivity index is 1.64. The molecule has 5 rings (SSSR count). The number of hydrogen-bond acceptors (Lipinski definition) is 4. The van der Waals surface area contributed by atoms with Crippen molar-refractivity contribution in [2.45, 2.75) is 37.6 Å². The molecule has 2 aliphatic heterocycles. The normalized spacial score (nSPS) is 29.4. The van der Waals surface area contributed by atoms with E-state index in [1.54, 1.807) is 24.4 Å². The minimum Gasteiger partial charge on any atom is -0.483 e. The van der Waals surface area contributed by atoms with Crippen LogP contribution in [0, 0.1) is 5.92 Å². The minimum atomic E-state index is -1.00.